The molecule has 4 amide bonds. The molecule has 15 heteroatoms. The largest absolute Gasteiger partial charge is 0.448 e. The number of hydrogen-bond acceptors (Lipinski definition) is 6. The van der Waals surface area contributed by atoms with Crippen LogP contribution in [0.1, 0.15) is 11.1 Å². The number of imide groups is 2. The molecule has 1 aliphatic heterocycles. The molecule has 4 rings (SSSR count). The highest BCUT2D eigenvalue weighted by Gasteiger charge is 2.38. The molecule has 0 unspecified atom stereocenters. The van der Waals surface area contributed by atoms with Gasteiger partial charge >= 0.3 is 17.9 Å². The summed E-state index contributed by atoms with van der Waals surface area (Å²) in [7, 11) is 0. The molecule has 3 aromatic carbocycles. The second kappa shape index (κ2) is 10.6. The summed E-state index contributed by atoms with van der Waals surface area (Å²) in [4.78, 5) is 49.3. The lowest BCUT2D eigenvalue weighted by Crippen LogP contribution is -2.54. The zero-order chi connectivity index (χ0) is 28.6. The fourth-order valence-corrected chi connectivity index (χ4v) is 4.26. The topological polar surface area (TPSA) is 119 Å². The third-order valence-corrected chi connectivity index (χ3v) is 6.05. The molecule has 0 radical (unpaired) electrons. The first-order chi connectivity index (χ1) is 18.3. The van der Waals surface area contributed by atoms with Gasteiger partial charge in [-0.15, -0.1) is 0 Å². The van der Waals surface area contributed by atoms with Crippen LogP contribution in [0.5, 0.6) is 11.5 Å². The Bertz CT molecular complexity index is 1590. The Labute approximate surface area is 231 Å². The molecular weight excluding hydrogens is 590 g/mol. The van der Waals surface area contributed by atoms with Gasteiger partial charge in [0, 0.05) is 16.7 Å². The Morgan fingerprint density at radius 1 is 0.974 bits per heavy atom. The fraction of sp³-hybridized carbons (Fsp3) is 0.0417. The van der Waals surface area contributed by atoms with Gasteiger partial charge in [0.2, 0.25) is 5.75 Å². The monoisotopic (exact) mass is 599 g/mol. The SMILES string of the molecule is O=C1NC(=O)N(c2ccccc2Cl)C(=O)/C1=C/c1cc(Cl)cc(Cl)c1Oc1ccc(C(F)(F)F)cc1[N+](=O)[O-]. The number of nitro groups is 1. The molecule has 9 nitrogen and oxygen atoms in total. The molecule has 0 atom stereocenters. The zero-order valence-corrected chi connectivity index (χ0v) is 21.2. The van der Waals surface area contributed by atoms with Crippen molar-refractivity contribution in [2.24, 2.45) is 0 Å². The highest BCUT2D eigenvalue weighted by Crippen LogP contribution is 2.42. The number of halogens is 6. The predicted molar refractivity (Wildman–Crippen MR) is 135 cm³/mol. The van der Waals surface area contributed by atoms with Crippen molar-refractivity contribution < 1.29 is 37.2 Å². The van der Waals surface area contributed by atoms with E-state index in [2.05, 4.69) is 0 Å². The summed E-state index contributed by atoms with van der Waals surface area (Å²) >= 11 is 18.4. The number of carbonyl (C=O) groups excluding carboxylic acids is 3. The predicted octanol–water partition coefficient (Wildman–Crippen LogP) is 7.03. The summed E-state index contributed by atoms with van der Waals surface area (Å²) in [6.45, 7) is 0. The van der Waals surface area contributed by atoms with E-state index in [1.165, 1.54) is 30.3 Å². The van der Waals surface area contributed by atoms with Gasteiger partial charge in [-0.25, -0.2) is 9.69 Å². The number of ether oxygens (including phenoxy) is 1. The van der Waals surface area contributed by atoms with Crippen molar-refractivity contribution in [3.8, 4) is 11.5 Å². The summed E-state index contributed by atoms with van der Waals surface area (Å²) in [6.07, 6.45) is -3.91. The third-order valence-electron chi connectivity index (χ3n) is 5.23. The molecule has 0 spiro atoms. The minimum absolute atomic E-state index is 0.0104. The maximum absolute atomic E-state index is 13.2. The molecule has 0 saturated carbocycles. The number of nitrogens with zero attached hydrogens (tertiary/aromatic N) is 2. The number of rotatable bonds is 5. The molecule has 0 bridgehead atoms. The molecule has 1 heterocycles. The minimum atomic E-state index is -4.86. The minimum Gasteiger partial charge on any atom is -0.448 e. The number of barbiturate groups is 1. The number of hydrogen-bond donors (Lipinski definition) is 1. The van der Waals surface area contributed by atoms with E-state index in [4.69, 9.17) is 39.5 Å². The first-order valence-electron chi connectivity index (χ1n) is 10.5. The van der Waals surface area contributed by atoms with Crippen molar-refractivity contribution in [1.29, 1.82) is 0 Å². The van der Waals surface area contributed by atoms with Crippen molar-refractivity contribution in [2.45, 2.75) is 6.18 Å². The van der Waals surface area contributed by atoms with Gasteiger partial charge in [0.1, 0.15) is 5.57 Å². The molecule has 0 aromatic heterocycles. The fourth-order valence-electron chi connectivity index (χ4n) is 3.49. The average molecular weight is 601 g/mol. The van der Waals surface area contributed by atoms with Crippen LogP contribution >= 0.6 is 34.8 Å². The van der Waals surface area contributed by atoms with Crippen LogP contribution in [-0.2, 0) is 15.8 Å². The van der Waals surface area contributed by atoms with E-state index in [9.17, 15) is 37.7 Å². The number of nitrogens with one attached hydrogen (secondary N) is 1. The normalized spacial score (nSPS) is 15.0. The quantitative estimate of drug-likeness (QED) is 0.145. The Hall–Kier alpha value is -4.13. The Morgan fingerprint density at radius 3 is 2.31 bits per heavy atom. The zero-order valence-electron chi connectivity index (χ0n) is 18.9. The molecule has 1 N–H and O–H groups in total. The highest BCUT2D eigenvalue weighted by molar-refractivity contribution is 6.42. The summed E-state index contributed by atoms with van der Waals surface area (Å²) in [5.41, 5.74) is -3.11. The summed E-state index contributed by atoms with van der Waals surface area (Å²) in [5, 5.41) is 13.2. The first kappa shape index (κ1) is 27.9. The number of carbonyl (C=O) groups is 3. The Morgan fingerprint density at radius 2 is 1.67 bits per heavy atom. The summed E-state index contributed by atoms with van der Waals surface area (Å²) < 4.78 is 44.8. The molecule has 0 aliphatic carbocycles. The van der Waals surface area contributed by atoms with Crippen molar-refractivity contribution in [2.75, 3.05) is 4.90 Å². The van der Waals surface area contributed by atoms with Crippen molar-refractivity contribution in [3.63, 3.8) is 0 Å². The molecule has 1 aliphatic rings. The molecule has 39 heavy (non-hydrogen) atoms. The van der Waals surface area contributed by atoms with Crippen LogP contribution in [0.15, 0.2) is 60.2 Å². The van der Waals surface area contributed by atoms with E-state index in [1.807, 2.05) is 5.32 Å². The van der Waals surface area contributed by atoms with Crippen LogP contribution in [0.2, 0.25) is 15.1 Å². The molecule has 1 fully saturated rings. The van der Waals surface area contributed by atoms with Crippen LogP contribution in [0, 0.1) is 10.1 Å². The van der Waals surface area contributed by atoms with Crippen LogP contribution in [-0.4, -0.2) is 22.8 Å². The lowest BCUT2D eigenvalue weighted by atomic mass is 10.1. The van der Waals surface area contributed by atoms with Gasteiger partial charge < -0.3 is 4.74 Å². The smallest absolute Gasteiger partial charge is 0.416 e. The maximum atomic E-state index is 13.2. The first-order valence-corrected chi connectivity index (χ1v) is 11.6. The standard InChI is InChI=1S/C24H11Cl3F3N3O6/c25-13-7-11(8-14-21(34)31-23(36)32(22(14)35)17-4-2-1-3-15(17)26)20(16(27)10-13)39-19-6-5-12(24(28,29)30)9-18(19)33(37)38/h1-10H,(H,31,34,36)/b14-8+. The van der Waals surface area contributed by atoms with Crippen molar-refractivity contribution >= 4 is 70.1 Å². The second-order valence-corrected chi connectivity index (χ2v) is 9.01. The van der Waals surface area contributed by atoms with Crippen LogP contribution in [0.3, 0.4) is 0 Å². The lowest BCUT2D eigenvalue weighted by molar-refractivity contribution is -0.385. The number of anilines is 1. The number of para-hydroxylation sites is 1. The Kier molecular flexibility index (Phi) is 7.55. The van der Waals surface area contributed by atoms with Gasteiger partial charge in [0.15, 0.2) is 5.75 Å². The molecule has 3 aromatic rings. The number of nitro benzene ring substituents is 1. The van der Waals surface area contributed by atoms with Crippen LogP contribution < -0.4 is 15.0 Å². The van der Waals surface area contributed by atoms with Gasteiger partial charge in [-0.1, -0.05) is 46.9 Å². The maximum Gasteiger partial charge on any atom is 0.416 e. The van der Waals surface area contributed by atoms with Crippen molar-refractivity contribution in [3.05, 3.63) is 96.5 Å². The van der Waals surface area contributed by atoms with Gasteiger partial charge in [-0.05, 0) is 42.5 Å². The summed E-state index contributed by atoms with van der Waals surface area (Å²) in [6, 6.07) is 8.67. The lowest BCUT2D eigenvalue weighted by Gasteiger charge is -2.27. The van der Waals surface area contributed by atoms with E-state index in [-0.39, 0.29) is 38.1 Å². The second-order valence-electron chi connectivity index (χ2n) is 7.75. The van der Waals surface area contributed by atoms with E-state index in [1.54, 1.807) is 6.07 Å². The van der Waals surface area contributed by atoms with Crippen LogP contribution in [0.25, 0.3) is 6.08 Å². The molecular formula is C24H11Cl3F3N3O6. The van der Waals surface area contributed by atoms with E-state index < -0.39 is 51.5 Å². The van der Waals surface area contributed by atoms with Gasteiger partial charge in [-0.3, -0.25) is 25.0 Å². The van der Waals surface area contributed by atoms with E-state index in [0.717, 1.165) is 12.1 Å². The van der Waals surface area contributed by atoms with Crippen molar-refractivity contribution in [1.82, 2.24) is 5.32 Å². The Balaban J connectivity index is 1.82. The number of amides is 4. The molecule has 1 saturated heterocycles. The van der Waals surface area contributed by atoms with Crippen LogP contribution in [0.4, 0.5) is 29.3 Å². The van der Waals surface area contributed by atoms with E-state index >= 15 is 0 Å². The highest BCUT2D eigenvalue weighted by atomic mass is 35.5. The van der Waals surface area contributed by atoms with Gasteiger partial charge in [0.25, 0.3) is 11.8 Å². The number of benzene rings is 3. The van der Waals surface area contributed by atoms with Gasteiger partial charge in [-0.2, -0.15) is 13.2 Å². The third kappa shape index (κ3) is 5.67. The average Bonchev–Trinajstić information content (AvgIpc) is 2.84. The number of alkyl halides is 3. The molecule has 200 valence electrons. The summed E-state index contributed by atoms with van der Waals surface area (Å²) in [5.74, 6) is -3.18. The van der Waals surface area contributed by atoms with Gasteiger partial charge in [0.05, 0.1) is 26.2 Å². The van der Waals surface area contributed by atoms with E-state index in [0.29, 0.717) is 11.0 Å². The number of urea groups is 1.